The van der Waals surface area contributed by atoms with Crippen molar-refractivity contribution in [3.8, 4) is 0 Å². The Bertz CT molecular complexity index is 752. The zero-order valence-electron chi connectivity index (χ0n) is 13.7. The van der Waals surface area contributed by atoms with Crippen LogP contribution in [0.5, 0.6) is 0 Å². The van der Waals surface area contributed by atoms with Gasteiger partial charge in [0.25, 0.3) is 0 Å². The molecule has 110 valence electrons. The predicted molar refractivity (Wildman–Crippen MR) is 93.0 cm³/mol. The molecular formula is C16H22BN3S. The number of aryl methyl sites for hydroxylation is 1. The van der Waals surface area contributed by atoms with Crippen molar-refractivity contribution in [3.05, 3.63) is 22.9 Å². The molecule has 0 bridgehead atoms. The topological polar surface area (TPSA) is 21.1 Å². The van der Waals surface area contributed by atoms with E-state index in [0.29, 0.717) is 0 Å². The van der Waals surface area contributed by atoms with Gasteiger partial charge in [0.1, 0.15) is 7.85 Å². The van der Waals surface area contributed by atoms with Gasteiger partial charge >= 0.3 is 0 Å². The van der Waals surface area contributed by atoms with Crippen molar-refractivity contribution in [2.24, 2.45) is 0 Å². The highest BCUT2D eigenvalue weighted by atomic mass is 32.1. The lowest BCUT2D eigenvalue weighted by Crippen LogP contribution is -2.36. The summed E-state index contributed by atoms with van der Waals surface area (Å²) in [7, 11) is 10.5. The molecule has 21 heavy (non-hydrogen) atoms. The van der Waals surface area contributed by atoms with Crippen molar-refractivity contribution < 1.29 is 0 Å². The molecule has 1 heterocycles. The molecule has 1 fully saturated rings. The first-order valence-corrected chi connectivity index (χ1v) is 7.73. The largest absolute Gasteiger partial charge is 0.293 e. The number of likely N-dealkylation sites (N-methyl/N-ethyl adjacent to an activating group) is 1. The highest BCUT2D eigenvalue weighted by Crippen LogP contribution is 2.59. The van der Waals surface area contributed by atoms with Crippen molar-refractivity contribution in [1.29, 1.82) is 0 Å². The quantitative estimate of drug-likeness (QED) is 0.521. The number of fused-ring (bicyclic) bond motifs is 1. The Hall–Kier alpha value is -0.935. The maximum atomic E-state index is 6.42. The molecular weight excluding hydrogens is 277 g/mol. The van der Waals surface area contributed by atoms with E-state index in [1.54, 1.807) is 0 Å². The summed E-state index contributed by atoms with van der Waals surface area (Å²) in [5.74, 6) is 0. The Kier molecular flexibility index (Phi) is 3.06. The smallest absolute Gasteiger partial charge is 0.117 e. The molecule has 1 aromatic carbocycles. The molecule has 0 aliphatic heterocycles. The molecule has 3 nitrogen and oxygen atoms in total. The fourth-order valence-electron chi connectivity index (χ4n) is 3.44. The molecule has 0 N–H and O–H groups in total. The maximum absolute atomic E-state index is 6.42. The van der Waals surface area contributed by atoms with E-state index >= 15 is 0 Å². The summed E-state index contributed by atoms with van der Waals surface area (Å²) in [4.78, 5) is 1.98. The number of aromatic nitrogens is 2. The SMILES string of the molecule is [B]c1c(C)c(C)c(C)c2cnn(C3(C)CC3(S)N(C)C)c12. The van der Waals surface area contributed by atoms with E-state index in [-0.39, 0.29) is 10.4 Å². The lowest BCUT2D eigenvalue weighted by Gasteiger charge is -2.26. The van der Waals surface area contributed by atoms with Crippen LogP contribution in [0.15, 0.2) is 6.20 Å². The Morgan fingerprint density at radius 3 is 2.38 bits per heavy atom. The fraction of sp³-hybridized carbons (Fsp3) is 0.562. The standard InChI is InChI=1S/C16H22BN3S/c1-9-10(2)12-7-18-20(14(12)13(17)11(9)3)15(4)8-16(15,21)19(5)6/h7,21H,8H2,1-6H3. The van der Waals surface area contributed by atoms with Crippen molar-refractivity contribution >= 4 is 36.8 Å². The van der Waals surface area contributed by atoms with Gasteiger partial charge in [0.05, 0.1) is 22.1 Å². The van der Waals surface area contributed by atoms with Crippen LogP contribution < -0.4 is 5.46 Å². The van der Waals surface area contributed by atoms with E-state index in [1.807, 2.05) is 6.20 Å². The maximum Gasteiger partial charge on any atom is 0.117 e. The molecule has 0 amide bonds. The zero-order valence-corrected chi connectivity index (χ0v) is 14.5. The third-order valence-electron chi connectivity index (χ3n) is 5.49. The van der Waals surface area contributed by atoms with Gasteiger partial charge in [-0.15, -0.1) is 0 Å². The number of hydrogen-bond donors (Lipinski definition) is 1. The Morgan fingerprint density at radius 2 is 1.86 bits per heavy atom. The van der Waals surface area contributed by atoms with Crippen LogP contribution in [0, 0.1) is 20.8 Å². The molecule has 1 aliphatic rings. The highest BCUT2D eigenvalue weighted by Gasteiger charge is 2.66. The monoisotopic (exact) mass is 299 g/mol. The van der Waals surface area contributed by atoms with Gasteiger partial charge in [-0.1, -0.05) is 11.0 Å². The minimum Gasteiger partial charge on any atom is -0.293 e. The molecule has 2 unspecified atom stereocenters. The number of hydrogen-bond acceptors (Lipinski definition) is 3. The van der Waals surface area contributed by atoms with Crippen molar-refractivity contribution in [1.82, 2.24) is 14.7 Å². The second-order valence-electron chi connectivity index (χ2n) is 6.77. The van der Waals surface area contributed by atoms with Gasteiger partial charge in [0, 0.05) is 11.8 Å². The van der Waals surface area contributed by atoms with Crippen molar-refractivity contribution in [2.45, 2.75) is 44.5 Å². The summed E-state index contributed by atoms with van der Waals surface area (Å²) in [6.45, 7) is 8.56. The first-order chi connectivity index (χ1) is 9.65. The van der Waals surface area contributed by atoms with Crippen LogP contribution in [0.25, 0.3) is 10.9 Å². The molecule has 2 radical (unpaired) electrons. The zero-order chi connectivity index (χ0) is 15.7. The van der Waals surface area contributed by atoms with Crippen molar-refractivity contribution in [2.75, 3.05) is 14.1 Å². The summed E-state index contributed by atoms with van der Waals surface area (Å²) in [6.07, 6.45) is 2.90. The van der Waals surface area contributed by atoms with Crippen LogP contribution in [0.3, 0.4) is 0 Å². The normalized spacial score (nSPS) is 28.6. The first-order valence-electron chi connectivity index (χ1n) is 7.28. The van der Waals surface area contributed by atoms with Gasteiger partial charge in [-0.2, -0.15) is 17.7 Å². The summed E-state index contributed by atoms with van der Waals surface area (Å²) in [6, 6.07) is 0. The lowest BCUT2D eigenvalue weighted by molar-refractivity contribution is 0.296. The minimum absolute atomic E-state index is 0.135. The van der Waals surface area contributed by atoms with Crippen LogP contribution in [0.4, 0.5) is 0 Å². The first kappa shape index (κ1) is 15.0. The fourth-order valence-corrected chi connectivity index (χ4v) is 3.84. The van der Waals surface area contributed by atoms with E-state index in [0.717, 1.165) is 28.4 Å². The number of benzene rings is 1. The van der Waals surface area contributed by atoms with Gasteiger partial charge in [0.15, 0.2) is 0 Å². The van der Waals surface area contributed by atoms with Gasteiger partial charge < -0.3 is 0 Å². The second-order valence-corrected chi connectivity index (χ2v) is 7.51. The molecule has 2 atom stereocenters. The molecule has 5 heteroatoms. The van der Waals surface area contributed by atoms with E-state index in [2.05, 4.69) is 56.5 Å². The third-order valence-corrected chi connectivity index (χ3v) is 6.53. The third kappa shape index (κ3) is 1.70. The Morgan fingerprint density at radius 1 is 1.24 bits per heavy atom. The minimum atomic E-state index is -0.176. The van der Waals surface area contributed by atoms with Gasteiger partial charge in [0.2, 0.25) is 0 Å². The van der Waals surface area contributed by atoms with E-state index in [9.17, 15) is 0 Å². The molecule has 0 saturated heterocycles. The van der Waals surface area contributed by atoms with Crippen LogP contribution >= 0.6 is 12.6 Å². The Balaban J connectivity index is 2.29. The van der Waals surface area contributed by atoms with Gasteiger partial charge in [-0.25, -0.2) is 0 Å². The molecule has 2 aromatic rings. The van der Waals surface area contributed by atoms with Crippen LogP contribution in [0.2, 0.25) is 0 Å². The summed E-state index contributed by atoms with van der Waals surface area (Å²) in [5, 5.41) is 5.82. The van der Waals surface area contributed by atoms with E-state index in [4.69, 9.17) is 20.5 Å². The van der Waals surface area contributed by atoms with Gasteiger partial charge in [-0.3, -0.25) is 9.58 Å². The lowest BCUT2D eigenvalue weighted by atomic mass is 9.84. The van der Waals surface area contributed by atoms with Crippen LogP contribution in [-0.2, 0) is 5.54 Å². The van der Waals surface area contributed by atoms with E-state index < -0.39 is 0 Å². The number of thiol groups is 1. The van der Waals surface area contributed by atoms with Crippen molar-refractivity contribution in [3.63, 3.8) is 0 Å². The summed E-state index contributed by atoms with van der Waals surface area (Å²) in [5.41, 5.74) is 5.43. The van der Waals surface area contributed by atoms with Crippen LogP contribution in [0.1, 0.15) is 30.0 Å². The van der Waals surface area contributed by atoms with E-state index in [1.165, 1.54) is 11.1 Å². The second kappa shape index (κ2) is 4.29. The molecule has 0 spiro atoms. The Labute approximate surface area is 133 Å². The number of nitrogens with zero attached hydrogens (tertiary/aromatic N) is 3. The number of rotatable bonds is 2. The highest BCUT2D eigenvalue weighted by molar-refractivity contribution is 7.82. The molecule has 1 saturated carbocycles. The molecule has 1 aliphatic carbocycles. The summed E-state index contributed by atoms with van der Waals surface area (Å²) < 4.78 is 2.09. The van der Waals surface area contributed by atoms with Crippen LogP contribution in [-0.4, -0.2) is 41.5 Å². The average molecular weight is 299 g/mol. The van der Waals surface area contributed by atoms with Gasteiger partial charge in [-0.05, 0) is 52.9 Å². The molecule has 1 aromatic heterocycles. The predicted octanol–water partition coefficient (Wildman–Crippen LogP) is 2.06. The average Bonchev–Trinajstić information content (AvgIpc) is 2.83. The summed E-state index contributed by atoms with van der Waals surface area (Å²) >= 11 is 4.88. The molecule has 3 rings (SSSR count).